The number of carboxylic acids is 1. The van der Waals surface area contributed by atoms with Crippen LogP contribution in [0.2, 0.25) is 0 Å². The maximum Gasteiger partial charge on any atom is 0.250 e. The van der Waals surface area contributed by atoms with Gasteiger partial charge in [-0.2, -0.15) is 0 Å². The van der Waals surface area contributed by atoms with Gasteiger partial charge in [-0.15, -0.1) is 0 Å². The molecular formula is C24H44N4O4. The minimum atomic E-state index is -1.23. The third kappa shape index (κ3) is 14.0. The first-order valence-corrected chi connectivity index (χ1v) is 11.7. The lowest BCUT2D eigenvalue weighted by atomic mass is 10.1. The molecule has 0 unspecified atom stereocenters. The summed E-state index contributed by atoms with van der Waals surface area (Å²) < 4.78 is 0.456. The summed E-state index contributed by atoms with van der Waals surface area (Å²) in [6.45, 7) is 10.2. The molecule has 32 heavy (non-hydrogen) atoms. The Hall–Kier alpha value is -2.19. The highest BCUT2D eigenvalue weighted by molar-refractivity contribution is 5.93. The Labute approximate surface area is 194 Å². The minimum Gasteiger partial charge on any atom is -0.545 e. The quantitative estimate of drug-likeness (QED) is 0.185. The highest BCUT2D eigenvalue weighted by atomic mass is 16.4. The van der Waals surface area contributed by atoms with Gasteiger partial charge >= 0.3 is 0 Å². The largest absolute Gasteiger partial charge is 0.545 e. The average molecular weight is 453 g/mol. The molecule has 0 saturated heterocycles. The maximum atomic E-state index is 12.8. The molecule has 3 N–H and O–H groups in total. The van der Waals surface area contributed by atoms with E-state index in [4.69, 9.17) is 5.73 Å². The zero-order valence-electron chi connectivity index (χ0n) is 20.6. The zero-order chi connectivity index (χ0) is 24.6. The van der Waals surface area contributed by atoms with Crippen LogP contribution in [0.15, 0.2) is 23.9 Å². The van der Waals surface area contributed by atoms with Gasteiger partial charge in [-0.3, -0.25) is 9.59 Å². The van der Waals surface area contributed by atoms with Gasteiger partial charge in [-0.1, -0.05) is 32.8 Å². The minimum absolute atomic E-state index is 0.0709. The Kier molecular flexibility index (Phi) is 15.3. The summed E-state index contributed by atoms with van der Waals surface area (Å²) in [6, 6.07) is 0. The van der Waals surface area contributed by atoms with Gasteiger partial charge in [-0.05, 0) is 32.7 Å². The van der Waals surface area contributed by atoms with E-state index in [1.165, 1.54) is 6.20 Å². The number of rotatable bonds is 18. The van der Waals surface area contributed by atoms with Gasteiger partial charge in [0.05, 0.1) is 26.6 Å². The van der Waals surface area contributed by atoms with E-state index < -0.39 is 5.97 Å². The van der Waals surface area contributed by atoms with Crippen molar-refractivity contribution in [1.82, 2.24) is 10.2 Å². The van der Waals surface area contributed by atoms with E-state index in [9.17, 15) is 19.5 Å². The van der Waals surface area contributed by atoms with Crippen molar-refractivity contribution in [3.63, 3.8) is 0 Å². The van der Waals surface area contributed by atoms with Crippen LogP contribution in [-0.4, -0.2) is 74.0 Å². The number of unbranched alkanes of at least 4 members (excludes halogenated alkanes) is 4. The number of carbonyl (C=O) groups is 3. The molecule has 8 heteroatoms. The number of nitrogens with zero attached hydrogens (tertiary/aromatic N) is 2. The number of nitrogens with one attached hydrogen (secondary N) is 1. The van der Waals surface area contributed by atoms with Crippen LogP contribution in [0.3, 0.4) is 0 Å². The number of hydrogen-bond acceptors (Lipinski definition) is 5. The van der Waals surface area contributed by atoms with Crippen molar-refractivity contribution in [2.45, 2.75) is 65.2 Å². The third-order valence-electron chi connectivity index (χ3n) is 5.27. The fourth-order valence-electron chi connectivity index (χ4n) is 3.47. The number of nitrogens with two attached hydrogens (primary N) is 1. The molecule has 2 amide bonds. The lowest BCUT2D eigenvalue weighted by Gasteiger charge is -2.32. The third-order valence-corrected chi connectivity index (χ3v) is 5.27. The predicted octanol–water partition coefficient (Wildman–Crippen LogP) is 1.32. The second-order valence-electron chi connectivity index (χ2n) is 9.06. The first-order chi connectivity index (χ1) is 15.0. The van der Waals surface area contributed by atoms with E-state index in [-0.39, 0.29) is 17.4 Å². The first kappa shape index (κ1) is 29.8. The molecule has 0 aromatic heterocycles. The molecule has 0 radical (unpaired) electrons. The van der Waals surface area contributed by atoms with Gasteiger partial charge < -0.3 is 30.3 Å². The van der Waals surface area contributed by atoms with Gasteiger partial charge in [-0.25, -0.2) is 0 Å². The van der Waals surface area contributed by atoms with Gasteiger partial charge in [0.2, 0.25) is 5.91 Å². The van der Waals surface area contributed by atoms with Crippen molar-refractivity contribution in [2.75, 3.05) is 46.8 Å². The topological polar surface area (TPSA) is 116 Å². The van der Waals surface area contributed by atoms with Gasteiger partial charge in [0, 0.05) is 43.3 Å². The van der Waals surface area contributed by atoms with Crippen molar-refractivity contribution in [3.05, 3.63) is 23.9 Å². The summed E-state index contributed by atoms with van der Waals surface area (Å²) in [7, 11) is 3.86. The Bertz CT molecular complexity index is 644. The van der Waals surface area contributed by atoms with Crippen LogP contribution in [0.5, 0.6) is 0 Å². The number of quaternary nitrogens is 1. The van der Waals surface area contributed by atoms with Crippen LogP contribution in [0.4, 0.5) is 0 Å². The van der Waals surface area contributed by atoms with Crippen molar-refractivity contribution in [3.8, 4) is 0 Å². The molecule has 0 heterocycles. The Morgan fingerprint density at radius 3 is 2.28 bits per heavy atom. The molecule has 0 aliphatic heterocycles. The summed E-state index contributed by atoms with van der Waals surface area (Å²) in [5.41, 5.74) is 6.03. The summed E-state index contributed by atoms with van der Waals surface area (Å²) in [4.78, 5) is 37.5. The van der Waals surface area contributed by atoms with Crippen LogP contribution in [0.1, 0.15) is 65.2 Å². The molecule has 0 aliphatic rings. The number of carboxylic acid groups (broad SMARTS) is 1. The standard InChI is InChI=1S/C24H44N4O4/c1-6-15-27(16-12-17-28(4,5)19-21(3)24(31)32)23(30)20(2)18-26-22(29)13-10-8-7-9-11-14-25/h18H,3,6-17,19,25H2,1-2,4-5H3,(H-,26,29,30,31,32). The number of carbonyl (C=O) groups excluding carboxylic acids is 3. The molecule has 0 aliphatic carbocycles. The van der Waals surface area contributed by atoms with Gasteiger partial charge in [0.25, 0.3) is 5.91 Å². The Morgan fingerprint density at radius 1 is 1.06 bits per heavy atom. The average Bonchev–Trinajstić information content (AvgIpc) is 2.72. The number of aliphatic carboxylic acids is 1. The number of likely N-dealkylation sites (N-methyl/N-ethyl adjacent to an activating group) is 1. The highest BCUT2D eigenvalue weighted by Crippen LogP contribution is 2.09. The number of hydrogen-bond donors (Lipinski definition) is 2. The summed E-state index contributed by atoms with van der Waals surface area (Å²) in [6.07, 6.45) is 8.55. The lowest BCUT2D eigenvalue weighted by Crippen LogP contribution is -2.46. The predicted molar refractivity (Wildman–Crippen MR) is 126 cm³/mol. The van der Waals surface area contributed by atoms with Crippen molar-refractivity contribution >= 4 is 17.8 Å². The van der Waals surface area contributed by atoms with Crippen molar-refractivity contribution in [1.29, 1.82) is 0 Å². The maximum absolute atomic E-state index is 12.8. The van der Waals surface area contributed by atoms with E-state index in [1.807, 2.05) is 21.0 Å². The zero-order valence-corrected chi connectivity index (χ0v) is 20.6. The molecular weight excluding hydrogens is 408 g/mol. The second-order valence-corrected chi connectivity index (χ2v) is 9.06. The smallest absolute Gasteiger partial charge is 0.250 e. The van der Waals surface area contributed by atoms with E-state index in [1.54, 1.807) is 11.8 Å². The SMILES string of the molecule is C=C(C[N+](C)(C)CCCN(CCC)C(=O)C(C)=CNC(=O)CCCCCCCN)C(=O)[O-]. The van der Waals surface area contributed by atoms with Crippen LogP contribution in [0.25, 0.3) is 0 Å². The molecule has 0 rings (SSSR count). The Morgan fingerprint density at radius 2 is 1.69 bits per heavy atom. The number of amides is 2. The second kappa shape index (κ2) is 16.4. The van der Waals surface area contributed by atoms with E-state index in [0.717, 1.165) is 44.9 Å². The highest BCUT2D eigenvalue weighted by Gasteiger charge is 2.20. The van der Waals surface area contributed by atoms with Crippen LogP contribution < -0.4 is 16.2 Å². The Balaban J connectivity index is 4.55. The van der Waals surface area contributed by atoms with Crippen LogP contribution in [0, 0.1) is 0 Å². The van der Waals surface area contributed by atoms with Gasteiger partial charge in [0.1, 0.15) is 6.54 Å². The molecule has 0 bridgehead atoms. The molecule has 0 fully saturated rings. The van der Waals surface area contributed by atoms with E-state index >= 15 is 0 Å². The van der Waals surface area contributed by atoms with Crippen LogP contribution in [-0.2, 0) is 14.4 Å². The first-order valence-electron chi connectivity index (χ1n) is 11.7. The van der Waals surface area contributed by atoms with Crippen LogP contribution >= 0.6 is 0 Å². The molecule has 0 spiro atoms. The van der Waals surface area contributed by atoms with E-state index in [2.05, 4.69) is 11.9 Å². The lowest BCUT2D eigenvalue weighted by molar-refractivity contribution is -0.885. The van der Waals surface area contributed by atoms with Crippen molar-refractivity contribution < 1.29 is 24.0 Å². The monoisotopic (exact) mass is 452 g/mol. The summed E-state index contributed by atoms with van der Waals surface area (Å²) in [5.74, 6) is -1.41. The molecule has 0 saturated carbocycles. The summed E-state index contributed by atoms with van der Waals surface area (Å²) >= 11 is 0. The fraction of sp³-hybridized carbons (Fsp3) is 0.708. The van der Waals surface area contributed by atoms with Gasteiger partial charge in [0.15, 0.2) is 0 Å². The van der Waals surface area contributed by atoms with E-state index in [0.29, 0.717) is 49.2 Å². The fourth-order valence-corrected chi connectivity index (χ4v) is 3.47. The molecule has 0 aromatic rings. The molecule has 0 atom stereocenters. The van der Waals surface area contributed by atoms with Crippen molar-refractivity contribution in [2.24, 2.45) is 5.73 Å². The molecule has 0 aromatic carbocycles. The normalized spacial score (nSPS) is 11.8. The summed E-state index contributed by atoms with van der Waals surface area (Å²) in [5, 5.41) is 13.6. The molecule has 8 nitrogen and oxygen atoms in total. The molecule has 184 valence electrons.